The topological polar surface area (TPSA) is 84.5 Å². The van der Waals surface area contributed by atoms with Crippen LogP contribution in [0.5, 0.6) is 0 Å². The number of fused-ring (bicyclic) bond motifs is 1. The van der Waals surface area contributed by atoms with Gasteiger partial charge < -0.3 is 13.7 Å². The number of nitrogens with zero attached hydrogens (tertiary/aromatic N) is 6. The van der Waals surface area contributed by atoms with E-state index in [0.717, 1.165) is 42.2 Å². The Morgan fingerprint density at radius 2 is 2.00 bits per heavy atom. The van der Waals surface area contributed by atoms with Crippen LogP contribution in [0.25, 0.3) is 22.6 Å². The second kappa shape index (κ2) is 7.66. The Labute approximate surface area is 175 Å². The number of imidazole rings is 2. The molecule has 0 saturated carbocycles. The molecule has 0 N–H and O–H groups in total. The van der Waals surface area contributed by atoms with Crippen molar-refractivity contribution >= 4 is 11.2 Å². The summed E-state index contributed by atoms with van der Waals surface area (Å²) in [6, 6.07) is 8.29. The number of aryl methyl sites for hydroxylation is 1. The summed E-state index contributed by atoms with van der Waals surface area (Å²) in [7, 11) is 0. The van der Waals surface area contributed by atoms with Crippen molar-refractivity contribution in [3.05, 3.63) is 66.9 Å². The maximum absolute atomic E-state index is 13.5. The summed E-state index contributed by atoms with van der Waals surface area (Å²) < 4.78 is 29.8. The summed E-state index contributed by atoms with van der Waals surface area (Å²) in [5.74, 6) is 0.669. The summed E-state index contributed by atoms with van der Waals surface area (Å²) in [4.78, 5) is 17.7. The molecule has 5 rings (SSSR count). The van der Waals surface area contributed by atoms with Gasteiger partial charge >= 0.3 is 5.16 Å². The van der Waals surface area contributed by atoms with Crippen molar-refractivity contribution in [3.63, 3.8) is 0 Å². The zero-order valence-electron chi connectivity index (χ0n) is 16.3. The monoisotopic (exact) mass is 422 g/mol. The van der Waals surface area contributed by atoms with E-state index in [1.165, 1.54) is 12.1 Å². The molecule has 0 radical (unpaired) electrons. The van der Waals surface area contributed by atoms with Crippen molar-refractivity contribution in [3.8, 4) is 22.6 Å². The first-order valence-electron chi connectivity index (χ1n) is 9.60. The van der Waals surface area contributed by atoms with Gasteiger partial charge in [-0.15, -0.1) is 0 Å². The van der Waals surface area contributed by atoms with Crippen molar-refractivity contribution in [1.82, 2.24) is 29.1 Å². The summed E-state index contributed by atoms with van der Waals surface area (Å²) in [6.45, 7) is 0.761. The highest BCUT2D eigenvalue weighted by Gasteiger charge is 2.31. The first kappa shape index (κ1) is 19.0. The summed E-state index contributed by atoms with van der Waals surface area (Å²) in [5, 5.41) is 0.275. The average molecular weight is 422 g/mol. The third kappa shape index (κ3) is 3.40. The molecule has 2 atom stereocenters. The third-order valence-corrected chi connectivity index (χ3v) is 5.99. The molecule has 1 unspecified atom stereocenters. The predicted molar refractivity (Wildman–Crippen MR) is 111 cm³/mol. The fourth-order valence-electron chi connectivity index (χ4n) is 3.95. The molecule has 0 spiro atoms. The normalized spacial score (nSPS) is 16.6. The van der Waals surface area contributed by atoms with Crippen molar-refractivity contribution in [2.75, 3.05) is 6.26 Å². The van der Waals surface area contributed by atoms with E-state index in [2.05, 4.69) is 19.5 Å². The van der Waals surface area contributed by atoms with E-state index >= 15 is 0 Å². The highest BCUT2D eigenvalue weighted by Crippen LogP contribution is 2.39. The smallest absolute Gasteiger partial charge is 0.343 e. The summed E-state index contributed by atoms with van der Waals surface area (Å²) >= 11 is -1.30. The molecule has 9 heteroatoms. The Hall–Kier alpha value is -3.04. The Bertz CT molecular complexity index is 1170. The first-order valence-corrected chi connectivity index (χ1v) is 11.2. The van der Waals surface area contributed by atoms with Crippen LogP contribution < -0.4 is 0 Å². The molecule has 3 aromatic heterocycles. The van der Waals surface area contributed by atoms with Gasteiger partial charge in [-0.2, -0.15) is 9.97 Å². The van der Waals surface area contributed by atoms with Gasteiger partial charge in [0, 0.05) is 48.3 Å². The molecule has 4 heterocycles. The third-order valence-electron chi connectivity index (χ3n) is 5.28. The van der Waals surface area contributed by atoms with E-state index in [1.807, 2.05) is 10.8 Å². The van der Waals surface area contributed by atoms with Crippen LogP contribution in [0.15, 0.2) is 60.4 Å². The number of benzene rings is 1. The SMILES string of the molecule is C[S+]([O-])c1nccc(-c2c(-c3ccc(F)cc3)nc3n2[C@H](Cn2ccnc2)CC3)n1. The number of hydrogen-bond donors (Lipinski definition) is 0. The van der Waals surface area contributed by atoms with Crippen molar-refractivity contribution in [2.45, 2.75) is 30.6 Å². The number of rotatable bonds is 5. The molecule has 0 amide bonds. The second-order valence-corrected chi connectivity index (χ2v) is 8.51. The molecule has 152 valence electrons. The highest BCUT2D eigenvalue weighted by molar-refractivity contribution is 7.90. The minimum Gasteiger partial charge on any atom is -0.609 e. The maximum Gasteiger partial charge on any atom is 0.343 e. The van der Waals surface area contributed by atoms with Crippen LogP contribution in [0.1, 0.15) is 18.3 Å². The zero-order chi connectivity index (χ0) is 20.7. The van der Waals surface area contributed by atoms with Gasteiger partial charge in [-0.25, -0.2) is 14.4 Å². The lowest BCUT2D eigenvalue weighted by Crippen LogP contribution is -2.13. The van der Waals surface area contributed by atoms with Gasteiger partial charge in [-0.1, -0.05) is 0 Å². The quantitative estimate of drug-likeness (QED) is 0.364. The summed E-state index contributed by atoms with van der Waals surface area (Å²) in [6.07, 6.45) is 10.5. The minimum atomic E-state index is -1.30. The largest absolute Gasteiger partial charge is 0.609 e. The fraction of sp³-hybridized carbons (Fsp3) is 0.238. The average Bonchev–Trinajstić information content (AvgIpc) is 3.47. The lowest BCUT2D eigenvalue weighted by atomic mass is 10.1. The number of halogens is 1. The molecule has 0 saturated heterocycles. The Morgan fingerprint density at radius 1 is 1.17 bits per heavy atom. The Kier molecular flexibility index (Phi) is 4.84. The standard InChI is InChI=1S/C21H19FN6OS/c1-30(29)21-24-9-8-17(25-21)20-19(14-2-4-15(22)5-3-14)26-18-7-6-16(28(18)20)12-27-11-10-23-13-27/h2-5,8-11,13,16H,6-7,12H2,1H3/t16-,30?/m0/s1. The molecular weight excluding hydrogens is 403 g/mol. The van der Waals surface area contributed by atoms with E-state index in [9.17, 15) is 8.94 Å². The second-order valence-electron chi connectivity index (χ2n) is 7.23. The molecule has 1 aromatic carbocycles. The van der Waals surface area contributed by atoms with Gasteiger partial charge in [-0.05, 0) is 36.8 Å². The predicted octanol–water partition coefficient (Wildman–Crippen LogP) is 3.27. The molecule has 7 nitrogen and oxygen atoms in total. The van der Waals surface area contributed by atoms with Crippen molar-refractivity contribution < 1.29 is 8.94 Å². The Morgan fingerprint density at radius 3 is 2.73 bits per heavy atom. The van der Waals surface area contributed by atoms with Crippen LogP contribution in [-0.2, 0) is 24.1 Å². The number of hydrogen-bond acceptors (Lipinski definition) is 5. The van der Waals surface area contributed by atoms with Crippen LogP contribution in [0.3, 0.4) is 0 Å². The van der Waals surface area contributed by atoms with Crippen LogP contribution >= 0.6 is 0 Å². The summed E-state index contributed by atoms with van der Waals surface area (Å²) in [5.41, 5.74) is 3.05. The van der Waals surface area contributed by atoms with Gasteiger partial charge in [0.05, 0.1) is 29.5 Å². The lowest BCUT2D eigenvalue weighted by Gasteiger charge is -2.18. The van der Waals surface area contributed by atoms with Gasteiger partial charge in [0.2, 0.25) is 0 Å². The molecule has 4 aromatic rings. The minimum absolute atomic E-state index is 0.177. The molecule has 30 heavy (non-hydrogen) atoms. The van der Waals surface area contributed by atoms with Crippen LogP contribution in [-0.4, -0.2) is 39.9 Å². The van der Waals surface area contributed by atoms with Gasteiger partial charge in [0.15, 0.2) is 0 Å². The zero-order valence-corrected chi connectivity index (χ0v) is 17.1. The van der Waals surface area contributed by atoms with Gasteiger partial charge in [0.25, 0.3) is 0 Å². The fourth-order valence-corrected chi connectivity index (χ4v) is 4.39. The van der Waals surface area contributed by atoms with Crippen molar-refractivity contribution in [1.29, 1.82) is 0 Å². The van der Waals surface area contributed by atoms with E-state index < -0.39 is 11.2 Å². The lowest BCUT2D eigenvalue weighted by molar-refractivity contribution is 0.451. The van der Waals surface area contributed by atoms with E-state index in [0.29, 0.717) is 5.69 Å². The Balaban J connectivity index is 1.68. The molecular formula is C21H19FN6OS. The van der Waals surface area contributed by atoms with Crippen LogP contribution in [0.4, 0.5) is 4.39 Å². The van der Waals surface area contributed by atoms with E-state index in [1.54, 1.807) is 43.2 Å². The molecule has 1 aliphatic heterocycles. The number of aromatic nitrogens is 6. The molecule has 1 aliphatic rings. The van der Waals surface area contributed by atoms with Gasteiger partial charge in [-0.3, -0.25) is 0 Å². The molecule has 0 bridgehead atoms. The maximum atomic E-state index is 13.5. The first-order chi connectivity index (χ1) is 14.6. The molecule has 0 fully saturated rings. The van der Waals surface area contributed by atoms with Gasteiger partial charge in [0.1, 0.15) is 17.9 Å². The van der Waals surface area contributed by atoms with Crippen LogP contribution in [0.2, 0.25) is 0 Å². The van der Waals surface area contributed by atoms with Crippen LogP contribution in [0, 0.1) is 5.82 Å². The van der Waals surface area contributed by atoms with Crippen molar-refractivity contribution in [2.24, 2.45) is 0 Å². The van der Waals surface area contributed by atoms with E-state index in [4.69, 9.17) is 4.98 Å². The highest BCUT2D eigenvalue weighted by atomic mass is 32.2. The van der Waals surface area contributed by atoms with E-state index in [-0.39, 0.29) is 17.0 Å². The molecule has 0 aliphatic carbocycles.